The van der Waals surface area contributed by atoms with E-state index in [9.17, 15) is 24.9 Å². The monoisotopic (exact) mass is 378 g/mol. The van der Waals surface area contributed by atoms with Gasteiger partial charge in [-0.05, 0) is 43.9 Å². The number of cyclic esters (lactones) is 1. The van der Waals surface area contributed by atoms with Gasteiger partial charge < -0.3 is 24.8 Å². The molecule has 0 bridgehead atoms. The van der Waals surface area contributed by atoms with E-state index in [-0.39, 0.29) is 23.7 Å². The second-order valence-electron chi connectivity index (χ2n) is 6.82. The fourth-order valence-corrected chi connectivity index (χ4v) is 2.89. The number of rotatable bonds is 1. The maximum Gasteiger partial charge on any atom is 0.342 e. The average molecular weight is 378 g/mol. The number of aryl methyl sites for hydroxylation is 1. The lowest BCUT2D eigenvalue weighted by Crippen LogP contribution is -2.33. The molecule has 148 valence electrons. The van der Waals surface area contributed by atoms with Crippen molar-refractivity contribution >= 4 is 11.8 Å². The molecule has 1 aromatic rings. The van der Waals surface area contributed by atoms with Crippen LogP contribution in [0.15, 0.2) is 24.3 Å². The van der Waals surface area contributed by atoms with Gasteiger partial charge in [0, 0.05) is 12.0 Å². The van der Waals surface area contributed by atoms with Crippen molar-refractivity contribution in [1.29, 1.82) is 0 Å². The first-order valence-corrected chi connectivity index (χ1v) is 8.93. The predicted octanol–water partition coefficient (Wildman–Crippen LogP) is 1.77. The number of carbonyl (C=O) groups is 2. The summed E-state index contributed by atoms with van der Waals surface area (Å²) >= 11 is 0. The summed E-state index contributed by atoms with van der Waals surface area (Å²) < 4.78 is 10.6. The molecule has 1 heterocycles. The number of methoxy groups -OCH3 is 1. The van der Waals surface area contributed by atoms with Gasteiger partial charge in [-0.25, -0.2) is 4.79 Å². The molecule has 7 nitrogen and oxygen atoms in total. The van der Waals surface area contributed by atoms with Crippen molar-refractivity contribution in [2.75, 3.05) is 7.11 Å². The second-order valence-corrected chi connectivity index (χ2v) is 6.82. The summed E-state index contributed by atoms with van der Waals surface area (Å²) in [4.78, 5) is 24.6. The van der Waals surface area contributed by atoms with Gasteiger partial charge in [0.25, 0.3) is 0 Å². The number of aliphatic hydroxyl groups is 2. The number of benzene rings is 1. The van der Waals surface area contributed by atoms with Crippen molar-refractivity contribution in [3.8, 4) is 11.5 Å². The first-order chi connectivity index (χ1) is 12.7. The summed E-state index contributed by atoms with van der Waals surface area (Å²) in [5.41, 5.74) is 0.569. The molecule has 3 unspecified atom stereocenters. The fraction of sp³-hybridized carbons (Fsp3) is 0.500. The van der Waals surface area contributed by atoms with E-state index in [0.717, 1.165) is 0 Å². The van der Waals surface area contributed by atoms with Crippen LogP contribution in [-0.4, -0.2) is 52.5 Å². The molecule has 0 fully saturated rings. The zero-order valence-corrected chi connectivity index (χ0v) is 15.7. The van der Waals surface area contributed by atoms with Crippen molar-refractivity contribution < 1.29 is 34.4 Å². The Morgan fingerprint density at radius 1 is 1.19 bits per heavy atom. The van der Waals surface area contributed by atoms with E-state index in [0.29, 0.717) is 24.2 Å². The van der Waals surface area contributed by atoms with Gasteiger partial charge in [-0.1, -0.05) is 13.0 Å². The molecule has 0 aromatic heterocycles. The molecule has 0 radical (unpaired) electrons. The normalized spacial score (nSPS) is 28.6. The number of phenolic OH excluding ortho intramolecular Hbond substituents is 1. The van der Waals surface area contributed by atoms with Gasteiger partial charge in [0.15, 0.2) is 5.78 Å². The molecule has 1 aliphatic heterocycles. The Kier molecular flexibility index (Phi) is 6.98. The van der Waals surface area contributed by atoms with E-state index in [1.807, 2.05) is 0 Å². The lowest BCUT2D eigenvalue weighted by atomic mass is 9.96. The molecule has 0 saturated carbocycles. The number of fused-ring (bicyclic) bond motifs is 1. The van der Waals surface area contributed by atoms with E-state index in [1.165, 1.54) is 25.3 Å². The SMILES string of the molecule is COc1cc(O)c2c(c1)CCCC(O)C(O)C(=O)/C=C\[C@@H](C)C(C)OC2=O. The summed E-state index contributed by atoms with van der Waals surface area (Å²) in [6.45, 7) is 3.43. The lowest BCUT2D eigenvalue weighted by Gasteiger charge is -2.21. The molecular formula is C20H26O7. The summed E-state index contributed by atoms with van der Waals surface area (Å²) in [6.07, 6.45) is 0.294. The van der Waals surface area contributed by atoms with E-state index < -0.39 is 30.1 Å². The fourth-order valence-electron chi connectivity index (χ4n) is 2.89. The van der Waals surface area contributed by atoms with Crippen LogP contribution in [0.25, 0.3) is 0 Å². The standard InChI is InChI=1S/C20H26O7/c1-11-7-8-16(22)19(24)15(21)6-4-5-13-9-14(26-3)10-17(23)18(13)20(25)27-12(11)2/h7-12,15,19,21,23-24H,4-6H2,1-3H3/b8-7-/t11-,12?,15?,19?/m1/s1. The number of hydrogen-bond acceptors (Lipinski definition) is 7. The third-order valence-electron chi connectivity index (χ3n) is 4.81. The van der Waals surface area contributed by atoms with E-state index in [1.54, 1.807) is 19.9 Å². The van der Waals surface area contributed by atoms with Crippen molar-refractivity contribution in [1.82, 2.24) is 0 Å². The van der Waals surface area contributed by atoms with Crippen LogP contribution in [0, 0.1) is 5.92 Å². The maximum atomic E-state index is 12.6. The Bertz CT molecular complexity index is 725. The number of phenols is 1. The van der Waals surface area contributed by atoms with Gasteiger partial charge >= 0.3 is 5.97 Å². The zero-order chi connectivity index (χ0) is 20.1. The first-order valence-electron chi connectivity index (χ1n) is 8.93. The Hall–Kier alpha value is -2.38. The first kappa shape index (κ1) is 20.9. The highest BCUT2D eigenvalue weighted by Gasteiger charge is 2.26. The summed E-state index contributed by atoms with van der Waals surface area (Å²) in [7, 11) is 1.45. The Morgan fingerprint density at radius 2 is 1.89 bits per heavy atom. The van der Waals surface area contributed by atoms with E-state index >= 15 is 0 Å². The molecule has 0 amide bonds. The number of ketones is 1. The Morgan fingerprint density at radius 3 is 2.56 bits per heavy atom. The van der Waals surface area contributed by atoms with Crippen molar-refractivity contribution in [3.63, 3.8) is 0 Å². The number of esters is 1. The largest absolute Gasteiger partial charge is 0.507 e. The minimum atomic E-state index is -1.51. The van der Waals surface area contributed by atoms with Gasteiger partial charge in [0.1, 0.15) is 29.3 Å². The molecule has 0 aliphatic carbocycles. The van der Waals surface area contributed by atoms with Gasteiger partial charge in [0.05, 0.1) is 13.2 Å². The Balaban J connectivity index is 2.41. The van der Waals surface area contributed by atoms with Crippen LogP contribution in [0.3, 0.4) is 0 Å². The highest BCUT2D eigenvalue weighted by atomic mass is 16.5. The van der Waals surface area contributed by atoms with Crippen molar-refractivity contribution in [2.24, 2.45) is 5.92 Å². The van der Waals surface area contributed by atoms with Crippen LogP contribution in [0.4, 0.5) is 0 Å². The molecular weight excluding hydrogens is 352 g/mol. The maximum absolute atomic E-state index is 12.6. The number of hydrogen-bond donors (Lipinski definition) is 3. The average Bonchev–Trinajstić information content (AvgIpc) is 2.63. The smallest absolute Gasteiger partial charge is 0.342 e. The van der Waals surface area contributed by atoms with Gasteiger partial charge in [-0.3, -0.25) is 4.79 Å². The number of ether oxygens (including phenoxy) is 2. The molecule has 0 saturated heterocycles. The van der Waals surface area contributed by atoms with Crippen LogP contribution >= 0.6 is 0 Å². The van der Waals surface area contributed by atoms with Crippen LogP contribution < -0.4 is 4.74 Å². The third-order valence-corrected chi connectivity index (χ3v) is 4.81. The summed E-state index contributed by atoms with van der Waals surface area (Å²) in [5.74, 6) is -1.42. The number of carbonyl (C=O) groups excluding carboxylic acids is 2. The van der Waals surface area contributed by atoms with Crippen molar-refractivity contribution in [3.05, 3.63) is 35.4 Å². The van der Waals surface area contributed by atoms with Gasteiger partial charge in [-0.15, -0.1) is 0 Å². The Labute approximate surface area is 158 Å². The minimum Gasteiger partial charge on any atom is -0.507 e. The topological polar surface area (TPSA) is 113 Å². The van der Waals surface area contributed by atoms with Crippen LogP contribution in [0.2, 0.25) is 0 Å². The van der Waals surface area contributed by atoms with Crippen LogP contribution in [0.1, 0.15) is 42.6 Å². The highest BCUT2D eigenvalue weighted by Crippen LogP contribution is 2.31. The minimum absolute atomic E-state index is 0.0574. The highest BCUT2D eigenvalue weighted by molar-refractivity contribution is 5.95. The molecule has 0 spiro atoms. The van der Waals surface area contributed by atoms with E-state index in [2.05, 4.69) is 0 Å². The predicted molar refractivity (Wildman–Crippen MR) is 97.8 cm³/mol. The molecule has 3 N–H and O–H groups in total. The number of aromatic hydroxyl groups is 1. The molecule has 2 rings (SSSR count). The van der Waals surface area contributed by atoms with Gasteiger partial charge in [-0.2, -0.15) is 0 Å². The van der Waals surface area contributed by atoms with Crippen LogP contribution in [0.5, 0.6) is 11.5 Å². The quantitative estimate of drug-likeness (QED) is 0.638. The van der Waals surface area contributed by atoms with Crippen LogP contribution in [-0.2, 0) is 16.0 Å². The second kappa shape index (κ2) is 9.01. The molecule has 1 aromatic carbocycles. The molecule has 1 aliphatic rings. The third kappa shape index (κ3) is 5.08. The van der Waals surface area contributed by atoms with Crippen molar-refractivity contribution in [2.45, 2.75) is 51.4 Å². The summed E-state index contributed by atoms with van der Waals surface area (Å²) in [5, 5.41) is 30.3. The molecule has 4 atom stereocenters. The molecule has 7 heteroatoms. The molecule has 27 heavy (non-hydrogen) atoms. The zero-order valence-electron chi connectivity index (χ0n) is 15.7. The van der Waals surface area contributed by atoms with E-state index in [4.69, 9.17) is 9.47 Å². The lowest BCUT2D eigenvalue weighted by molar-refractivity contribution is -0.128. The summed E-state index contributed by atoms with van der Waals surface area (Å²) in [6, 6.07) is 2.97. The van der Waals surface area contributed by atoms with Gasteiger partial charge in [0.2, 0.25) is 0 Å². The number of aliphatic hydroxyl groups excluding tert-OH is 2.